The number of hydrogen-bond donors (Lipinski definition) is 2. The van der Waals surface area contributed by atoms with Crippen molar-refractivity contribution in [2.45, 2.75) is 11.4 Å². The fourth-order valence-corrected chi connectivity index (χ4v) is 2.45. The van der Waals surface area contributed by atoms with Crippen LogP contribution in [0.4, 0.5) is 5.69 Å². The van der Waals surface area contributed by atoms with Gasteiger partial charge >= 0.3 is 0 Å². The summed E-state index contributed by atoms with van der Waals surface area (Å²) >= 11 is 3.35. The van der Waals surface area contributed by atoms with E-state index >= 15 is 0 Å². The molecule has 5 nitrogen and oxygen atoms in total. The number of anilines is 1. The second-order valence-corrected chi connectivity index (χ2v) is 6.41. The molecule has 2 aromatic rings. The number of hydrogen-bond acceptors (Lipinski definition) is 4. The van der Waals surface area contributed by atoms with Crippen molar-refractivity contribution in [1.82, 2.24) is 4.98 Å². The lowest BCUT2D eigenvalue weighted by Crippen LogP contribution is -2.12. The van der Waals surface area contributed by atoms with Gasteiger partial charge < -0.3 is 5.32 Å². The number of aromatic nitrogens is 1. The fraction of sp³-hybridized carbons (Fsp3) is 0.0833. The van der Waals surface area contributed by atoms with Crippen LogP contribution in [0.1, 0.15) is 5.56 Å². The molecule has 7 heteroatoms. The molecular formula is C12H12BrN3O2S. The molecule has 0 aliphatic heterocycles. The Morgan fingerprint density at radius 2 is 1.89 bits per heavy atom. The molecule has 0 bridgehead atoms. The molecular weight excluding hydrogens is 330 g/mol. The van der Waals surface area contributed by atoms with Crippen molar-refractivity contribution in [1.29, 1.82) is 0 Å². The highest BCUT2D eigenvalue weighted by Gasteiger charge is 2.06. The molecule has 1 aromatic heterocycles. The van der Waals surface area contributed by atoms with Crippen molar-refractivity contribution in [3.63, 3.8) is 0 Å². The van der Waals surface area contributed by atoms with Crippen LogP contribution in [0.2, 0.25) is 0 Å². The number of benzene rings is 1. The van der Waals surface area contributed by atoms with E-state index in [2.05, 4.69) is 26.2 Å². The molecule has 0 fully saturated rings. The first kappa shape index (κ1) is 14.0. The molecule has 0 aliphatic rings. The van der Waals surface area contributed by atoms with E-state index < -0.39 is 10.0 Å². The smallest absolute Gasteiger partial charge is 0.238 e. The average Bonchev–Trinajstić information content (AvgIpc) is 2.36. The fourth-order valence-electron chi connectivity index (χ4n) is 1.52. The summed E-state index contributed by atoms with van der Waals surface area (Å²) in [4.78, 5) is 4.16. The van der Waals surface area contributed by atoms with Crippen LogP contribution in [0.3, 0.4) is 0 Å². The zero-order valence-corrected chi connectivity index (χ0v) is 12.3. The molecule has 0 atom stereocenters. The molecule has 100 valence electrons. The standard InChI is InChI=1S/C12H12BrN3O2S/c13-10-5-9(6-15-8-10)7-16-11-1-3-12(4-2-11)19(14,17)18/h1-6,8,16H,7H2,(H2,14,17,18). The van der Waals surface area contributed by atoms with Crippen LogP contribution in [0.25, 0.3) is 0 Å². The van der Waals surface area contributed by atoms with Gasteiger partial charge in [-0.2, -0.15) is 0 Å². The lowest BCUT2D eigenvalue weighted by atomic mass is 10.2. The molecule has 1 aromatic carbocycles. The number of nitrogens with zero attached hydrogens (tertiary/aromatic N) is 1. The largest absolute Gasteiger partial charge is 0.381 e. The highest BCUT2D eigenvalue weighted by Crippen LogP contribution is 2.15. The minimum Gasteiger partial charge on any atom is -0.381 e. The van der Waals surface area contributed by atoms with Crippen LogP contribution < -0.4 is 10.5 Å². The van der Waals surface area contributed by atoms with Crippen LogP contribution in [0, 0.1) is 0 Å². The molecule has 0 saturated heterocycles. The van der Waals surface area contributed by atoms with Crippen molar-refractivity contribution in [2.75, 3.05) is 5.32 Å². The summed E-state index contributed by atoms with van der Waals surface area (Å²) in [5.41, 5.74) is 1.83. The Labute approximate surface area is 120 Å². The maximum atomic E-state index is 11.1. The lowest BCUT2D eigenvalue weighted by molar-refractivity contribution is 0.598. The number of halogens is 1. The van der Waals surface area contributed by atoms with Gasteiger partial charge in [-0.3, -0.25) is 4.98 Å². The molecule has 1 heterocycles. The van der Waals surface area contributed by atoms with Crippen LogP contribution in [-0.2, 0) is 16.6 Å². The van der Waals surface area contributed by atoms with Gasteiger partial charge in [0, 0.05) is 29.1 Å². The van der Waals surface area contributed by atoms with Crippen LogP contribution in [-0.4, -0.2) is 13.4 Å². The Bertz CT molecular complexity index is 672. The first-order valence-corrected chi connectivity index (χ1v) is 7.75. The minimum absolute atomic E-state index is 0.0992. The number of pyridine rings is 1. The molecule has 0 unspecified atom stereocenters. The predicted octanol–water partition coefficient (Wildman–Crippen LogP) is 2.10. The Morgan fingerprint density at radius 3 is 2.47 bits per heavy atom. The summed E-state index contributed by atoms with van der Waals surface area (Å²) < 4.78 is 23.1. The van der Waals surface area contributed by atoms with Gasteiger partial charge in [-0.1, -0.05) is 0 Å². The molecule has 0 aliphatic carbocycles. The zero-order chi connectivity index (χ0) is 13.9. The number of nitrogens with one attached hydrogen (secondary N) is 1. The van der Waals surface area contributed by atoms with E-state index in [1.807, 2.05) is 6.07 Å². The third kappa shape index (κ3) is 4.02. The van der Waals surface area contributed by atoms with E-state index in [1.54, 1.807) is 24.5 Å². The second-order valence-electron chi connectivity index (χ2n) is 3.93. The van der Waals surface area contributed by atoms with Crippen molar-refractivity contribution < 1.29 is 8.42 Å². The number of nitrogens with two attached hydrogens (primary N) is 1. The Hall–Kier alpha value is -1.44. The van der Waals surface area contributed by atoms with Crippen molar-refractivity contribution in [3.8, 4) is 0 Å². The third-order valence-electron chi connectivity index (χ3n) is 2.44. The maximum Gasteiger partial charge on any atom is 0.238 e. The SMILES string of the molecule is NS(=O)(=O)c1ccc(NCc2cncc(Br)c2)cc1. The summed E-state index contributed by atoms with van der Waals surface area (Å²) in [6, 6.07) is 8.24. The van der Waals surface area contributed by atoms with E-state index in [9.17, 15) is 8.42 Å². The normalized spacial score (nSPS) is 11.3. The predicted molar refractivity (Wildman–Crippen MR) is 77.1 cm³/mol. The molecule has 0 radical (unpaired) electrons. The molecule has 0 spiro atoms. The van der Waals surface area contributed by atoms with Gasteiger partial charge in [0.05, 0.1) is 4.90 Å². The second kappa shape index (κ2) is 5.68. The van der Waals surface area contributed by atoms with Crippen LogP contribution in [0.5, 0.6) is 0 Å². The van der Waals surface area contributed by atoms with E-state index in [0.717, 1.165) is 15.7 Å². The molecule has 3 N–H and O–H groups in total. The summed E-state index contributed by atoms with van der Waals surface area (Å²) in [6.45, 7) is 0.598. The van der Waals surface area contributed by atoms with Gasteiger partial charge in [0.1, 0.15) is 0 Å². The Kier molecular flexibility index (Phi) is 4.18. The summed E-state index contributed by atoms with van der Waals surface area (Å²) in [5, 5.41) is 8.20. The number of primary sulfonamides is 1. The first-order chi connectivity index (χ1) is 8.95. The Balaban J connectivity index is 2.05. The molecule has 2 rings (SSSR count). The lowest BCUT2D eigenvalue weighted by Gasteiger charge is -2.07. The monoisotopic (exact) mass is 341 g/mol. The number of sulfonamides is 1. The molecule has 19 heavy (non-hydrogen) atoms. The minimum atomic E-state index is -3.64. The Morgan fingerprint density at radius 1 is 1.21 bits per heavy atom. The van der Waals surface area contributed by atoms with Gasteiger partial charge in [0.15, 0.2) is 0 Å². The highest BCUT2D eigenvalue weighted by atomic mass is 79.9. The van der Waals surface area contributed by atoms with Gasteiger partial charge in [0.2, 0.25) is 10.0 Å². The van der Waals surface area contributed by atoms with Gasteiger partial charge in [0.25, 0.3) is 0 Å². The van der Waals surface area contributed by atoms with Gasteiger partial charge in [-0.15, -0.1) is 0 Å². The van der Waals surface area contributed by atoms with Gasteiger partial charge in [-0.25, -0.2) is 13.6 Å². The van der Waals surface area contributed by atoms with Crippen LogP contribution >= 0.6 is 15.9 Å². The number of rotatable bonds is 4. The van der Waals surface area contributed by atoms with Crippen molar-refractivity contribution >= 4 is 31.6 Å². The van der Waals surface area contributed by atoms with Crippen molar-refractivity contribution in [3.05, 3.63) is 52.8 Å². The van der Waals surface area contributed by atoms with Gasteiger partial charge in [-0.05, 0) is 51.8 Å². The third-order valence-corrected chi connectivity index (χ3v) is 3.80. The zero-order valence-electron chi connectivity index (χ0n) is 9.88. The van der Waals surface area contributed by atoms with Crippen molar-refractivity contribution in [2.24, 2.45) is 5.14 Å². The van der Waals surface area contributed by atoms with E-state index in [0.29, 0.717) is 6.54 Å². The molecule has 0 saturated carbocycles. The topological polar surface area (TPSA) is 85.1 Å². The van der Waals surface area contributed by atoms with E-state index in [4.69, 9.17) is 5.14 Å². The maximum absolute atomic E-state index is 11.1. The summed E-state index contributed by atoms with van der Waals surface area (Å²) in [5.74, 6) is 0. The molecule has 0 amide bonds. The average molecular weight is 342 g/mol. The quantitative estimate of drug-likeness (QED) is 0.891. The van der Waals surface area contributed by atoms with E-state index in [1.165, 1.54) is 12.1 Å². The summed E-state index contributed by atoms with van der Waals surface area (Å²) in [7, 11) is -3.64. The highest BCUT2D eigenvalue weighted by molar-refractivity contribution is 9.10. The summed E-state index contributed by atoms with van der Waals surface area (Å²) in [6.07, 6.45) is 3.47. The van der Waals surface area contributed by atoms with E-state index in [-0.39, 0.29) is 4.90 Å². The van der Waals surface area contributed by atoms with Crippen LogP contribution in [0.15, 0.2) is 52.1 Å². The first-order valence-electron chi connectivity index (χ1n) is 5.41.